The Kier molecular flexibility index (Phi) is 7.26. The summed E-state index contributed by atoms with van der Waals surface area (Å²) in [7, 11) is 1.60. The molecule has 2 aromatic carbocycles. The average Bonchev–Trinajstić information content (AvgIpc) is 2.74. The molecule has 3 aromatic rings. The standard InChI is InChI=1S/C25H28N2O4/c1-16(2)30-18(4)22-15-14-21(17(3)26-22)25(28)27-19-10-12-20(13-11-19)31-24-9-7-6-8-23(24)29-5/h6-16,18H,1-5H3,(H,27,28). The van der Waals surface area contributed by atoms with Gasteiger partial charge in [0.25, 0.3) is 5.91 Å². The number of benzene rings is 2. The van der Waals surface area contributed by atoms with Crippen LogP contribution in [0.4, 0.5) is 5.69 Å². The molecule has 1 N–H and O–H groups in total. The predicted molar refractivity (Wildman–Crippen MR) is 121 cm³/mol. The van der Waals surface area contributed by atoms with Crippen LogP contribution in [0.2, 0.25) is 0 Å². The SMILES string of the molecule is COc1ccccc1Oc1ccc(NC(=O)c2ccc(C(C)OC(C)C)nc2C)cc1. The van der Waals surface area contributed by atoms with Crippen molar-refractivity contribution in [2.45, 2.75) is 39.9 Å². The summed E-state index contributed by atoms with van der Waals surface area (Å²) in [6.07, 6.45) is -0.0263. The van der Waals surface area contributed by atoms with Crippen molar-refractivity contribution in [1.82, 2.24) is 4.98 Å². The summed E-state index contributed by atoms with van der Waals surface area (Å²) in [5.74, 6) is 1.70. The number of hydrogen-bond donors (Lipinski definition) is 1. The van der Waals surface area contributed by atoms with Gasteiger partial charge in [-0.25, -0.2) is 0 Å². The fourth-order valence-electron chi connectivity index (χ4n) is 3.16. The Labute approximate surface area is 183 Å². The minimum Gasteiger partial charge on any atom is -0.493 e. The van der Waals surface area contributed by atoms with Gasteiger partial charge >= 0.3 is 0 Å². The van der Waals surface area contributed by atoms with Gasteiger partial charge in [-0.15, -0.1) is 0 Å². The molecule has 0 saturated carbocycles. The second-order valence-corrected chi connectivity index (χ2v) is 7.43. The van der Waals surface area contributed by atoms with E-state index in [0.717, 1.165) is 5.69 Å². The van der Waals surface area contributed by atoms with E-state index in [1.165, 1.54) is 0 Å². The van der Waals surface area contributed by atoms with Crippen LogP contribution in [-0.2, 0) is 4.74 Å². The van der Waals surface area contributed by atoms with E-state index >= 15 is 0 Å². The number of methoxy groups -OCH3 is 1. The first-order valence-corrected chi connectivity index (χ1v) is 10.2. The summed E-state index contributed by atoms with van der Waals surface area (Å²) in [4.78, 5) is 17.3. The second-order valence-electron chi connectivity index (χ2n) is 7.43. The van der Waals surface area contributed by atoms with Crippen LogP contribution in [0.25, 0.3) is 0 Å². The highest BCUT2D eigenvalue weighted by Crippen LogP contribution is 2.31. The van der Waals surface area contributed by atoms with Crippen LogP contribution in [0.15, 0.2) is 60.7 Å². The number of pyridine rings is 1. The fraction of sp³-hybridized carbons (Fsp3) is 0.280. The molecule has 1 aromatic heterocycles. The lowest BCUT2D eigenvalue weighted by Crippen LogP contribution is -2.16. The van der Waals surface area contributed by atoms with Crippen molar-refractivity contribution < 1.29 is 19.0 Å². The summed E-state index contributed by atoms with van der Waals surface area (Å²) in [6.45, 7) is 7.75. The molecule has 0 bridgehead atoms. The molecule has 0 aliphatic rings. The van der Waals surface area contributed by atoms with Gasteiger partial charge in [-0.1, -0.05) is 12.1 Å². The van der Waals surface area contributed by atoms with Crippen LogP contribution in [0.5, 0.6) is 17.2 Å². The minimum atomic E-state index is -0.215. The number of ether oxygens (including phenoxy) is 3. The van der Waals surface area contributed by atoms with E-state index in [2.05, 4.69) is 10.3 Å². The van der Waals surface area contributed by atoms with Crippen LogP contribution < -0.4 is 14.8 Å². The Morgan fingerprint density at radius 2 is 1.61 bits per heavy atom. The van der Waals surface area contributed by atoms with Crippen molar-refractivity contribution in [1.29, 1.82) is 0 Å². The van der Waals surface area contributed by atoms with E-state index in [1.54, 1.807) is 37.4 Å². The van der Waals surface area contributed by atoms with E-state index in [-0.39, 0.29) is 18.1 Å². The van der Waals surface area contributed by atoms with Crippen molar-refractivity contribution in [3.63, 3.8) is 0 Å². The van der Waals surface area contributed by atoms with Crippen molar-refractivity contribution in [3.05, 3.63) is 77.6 Å². The zero-order chi connectivity index (χ0) is 22.4. The second kappa shape index (κ2) is 10.1. The maximum absolute atomic E-state index is 12.7. The Morgan fingerprint density at radius 3 is 2.23 bits per heavy atom. The number of para-hydroxylation sites is 2. The van der Waals surface area contributed by atoms with Gasteiger partial charge in [0.15, 0.2) is 11.5 Å². The summed E-state index contributed by atoms with van der Waals surface area (Å²) < 4.78 is 16.9. The van der Waals surface area contributed by atoms with E-state index in [1.807, 2.05) is 58.0 Å². The van der Waals surface area contributed by atoms with Gasteiger partial charge in [0.2, 0.25) is 0 Å². The Hall–Kier alpha value is -3.38. The van der Waals surface area contributed by atoms with E-state index in [9.17, 15) is 4.79 Å². The summed E-state index contributed by atoms with van der Waals surface area (Å²) >= 11 is 0. The maximum atomic E-state index is 12.7. The summed E-state index contributed by atoms with van der Waals surface area (Å²) in [6, 6.07) is 18.2. The zero-order valence-corrected chi connectivity index (χ0v) is 18.5. The number of hydrogen-bond acceptors (Lipinski definition) is 5. The molecule has 162 valence electrons. The number of amides is 1. The summed E-state index contributed by atoms with van der Waals surface area (Å²) in [5.41, 5.74) is 2.65. The topological polar surface area (TPSA) is 69.7 Å². The van der Waals surface area contributed by atoms with Crippen LogP contribution in [0.1, 0.15) is 48.6 Å². The zero-order valence-electron chi connectivity index (χ0n) is 18.5. The number of nitrogens with zero attached hydrogens (tertiary/aromatic N) is 1. The van der Waals surface area contributed by atoms with Crippen LogP contribution in [0.3, 0.4) is 0 Å². The predicted octanol–water partition coefficient (Wildman–Crippen LogP) is 5.93. The third kappa shape index (κ3) is 5.83. The molecule has 0 radical (unpaired) electrons. The smallest absolute Gasteiger partial charge is 0.257 e. The largest absolute Gasteiger partial charge is 0.493 e. The molecule has 31 heavy (non-hydrogen) atoms. The van der Waals surface area contributed by atoms with E-state index in [4.69, 9.17) is 14.2 Å². The van der Waals surface area contributed by atoms with Crippen LogP contribution in [0, 0.1) is 6.92 Å². The first-order chi connectivity index (χ1) is 14.9. The molecule has 6 nitrogen and oxygen atoms in total. The Morgan fingerprint density at radius 1 is 0.935 bits per heavy atom. The number of nitrogens with one attached hydrogen (secondary N) is 1. The van der Waals surface area contributed by atoms with Crippen molar-refractivity contribution in [3.8, 4) is 17.2 Å². The van der Waals surface area contributed by atoms with E-state index < -0.39 is 0 Å². The normalized spacial score (nSPS) is 11.8. The first kappa shape index (κ1) is 22.3. The third-order valence-electron chi connectivity index (χ3n) is 4.65. The van der Waals surface area contributed by atoms with Gasteiger partial charge < -0.3 is 19.5 Å². The number of carbonyl (C=O) groups is 1. The molecule has 3 rings (SSSR count). The summed E-state index contributed by atoms with van der Waals surface area (Å²) in [5, 5.41) is 2.90. The van der Waals surface area contributed by atoms with Crippen LogP contribution >= 0.6 is 0 Å². The molecule has 1 unspecified atom stereocenters. The average molecular weight is 421 g/mol. The number of aryl methyl sites for hydroxylation is 1. The lowest BCUT2D eigenvalue weighted by Gasteiger charge is -2.17. The third-order valence-corrected chi connectivity index (χ3v) is 4.65. The van der Waals surface area contributed by atoms with Crippen molar-refractivity contribution >= 4 is 11.6 Å². The Bertz CT molecular complexity index is 1030. The highest BCUT2D eigenvalue weighted by atomic mass is 16.5. The molecular weight excluding hydrogens is 392 g/mol. The van der Waals surface area contributed by atoms with Crippen molar-refractivity contribution in [2.75, 3.05) is 12.4 Å². The number of carbonyl (C=O) groups excluding carboxylic acids is 1. The molecule has 0 saturated heterocycles. The molecular formula is C25H28N2O4. The molecule has 1 heterocycles. The highest BCUT2D eigenvalue weighted by Gasteiger charge is 2.15. The molecule has 0 fully saturated rings. The van der Waals surface area contributed by atoms with Gasteiger partial charge in [-0.3, -0.25) is 9.78 Å². The molecule has 1 atom stereocenters. The number of rotatable bonds is 8. The van der Waals surface area contributed by atoms with Gasteiger partial charge in [-0.05, 0) is 76.2 Å². The highest BCUT2D eigenvalue weighted by molar-refractivity contribution is 6.05. The fourth-order valence-corrected chi connectivity index (χ4v) is 3.16. The minimum absolute atomic E-state index is 0.106. The number of anilines is 1. The first-order valence-electron chi connectivity index (χ1n) is 10.2. The lowest BCUT2D eigenvalue weighted by atomic mass is 10.1. The lowest BCUT2D eigenvalue weighted by molar-refractivity contribution is 0.0154. The molecule has 0 aliphatic heterocycles. The molecule has 0 aliphatic carbocycles. The maximum Gasteiger partial charge on any atom is 0.257 e. The van der Waals surface area contributed by atoms with Gasteiger partial charge in [0, 0.05) is 5.69 Å². The van der Waals surface area contributed by atoms with Crippen molar-refractivity contribution in [2.24, 2.45) is 0 Å². The number of aromatic nitrogens is 1. The van der Waals surface area contributed by atoms with Crippen LogP contribution in [-0.4, -0.2) is 24.1 Å². The van der Waals surface area contributed by atoms with Gasteiger partial charge in [-0.2, -0.15) is 0 Å². The molecule has 6 heteroatoms. The van der Waals surface area contributed by atoms with Gasteiger partial charge in [0.05, 0.1) is 36.3 Å². The quantitative estimate of drug-likeness (QED) is 0.489. The Balaban J connectivity index is 1.66. The molecule has 0 spiro atoms. The van der Waals surface area contributed by atoms with Gasteiger partial charge in [0.1, 0.15) is 5.75 Å². The molecule has 1 amide bonds. The van der Waals surface area contributed by atoms with E-state index in [0.29, 0.717) is 34.2 Å². The monoisotopic (exact) mass is 420 g/mol.